The molecule has 7 heteroatoms. The van der Waals surface area contributed by atoms with Gasteiger partial charge in [0, 0.05) is 12.5 Å². The average molecular weight is 337 g/mol. The van der Waals surface area contributed by atoms with Gasteiger partial charge in [0.15, 0.2) is 0 Å². The number of amides is 2. The quantitative estimate of drug-likeness (QED) is 0.711. The number of ether oxygens (including phenoxy) is 2. The van der Waals surface area contributed by atoms with Crippen molar-refractivity contribution in [3.05, 3.63) is 24.3 Å². The lowest BCUT2D eigenvalue weighted by molar-refractivity contribution is 0.104. The largest absolute Gasteiger partial charge is 0.449 e. The van der Waals surface area contributed by atoms with E-state index in [2.05, 4.69) is 22.0 Å². The standard InChI is InChI=1S/C17H27N3O4/c1-12(2)24-17(22)20-15-10-18-9-8-14(15)19-16(21)23-11-13-6-4-3-5-7-13/h3-6,12-15,18H,7-11H2,1-2H3,(H,19,21)(H,20,22)/t13?,14-,15+/m0/s1. The van der Waals surface area contributed by atoms with Gasteiger partial charge in [-0.05, 0) is 33.2 Å². The molecule has 2 rings (SSSR count). The van der Waals surface area contributed by atoms with E-state index in [1.54, 1.807) is 13.8 Å². The zero-order valence-electron chi connectivity index (χ0n) is 14.3. The molecule has 2 amide bonds. The molecule has 0 aromatic heterocycles. The van der Waals surface area contributed by atoms with Crippen LogP contribution in [0.5, 0.6) is 0 Å². The summed E-state index contributed by atoms with van der Waals surface area (Å²) in [6.45, 7) is 5.29. The Bertz CT molecular complexity index is 490. The summed E-state index contributed by atoms with van der Waals surface area (Å²) in [6, 6.07) is -0.407. The first-order valence-electron chi connectivity index (χ1n) is 8.49. The molecule has 3 atom stereocenters. The first kappa shape index (κ1) is 18.3. The van der Waals surface area contributed by atoms with E-state index in [-0.39, 0.29) is 24.1 Å². The summed E-state index contributed by atoms with van der Waals surface area (Å²) in [5.74, 6) is 0.226. The van der Waals surface area contributed by atoms with Crippen LogP contribution < -0.4 is 16.0 Å². The molecular weight excluding hydrogens is 310 g/mol. The van der Waals surface area contributed by atoms with E-state index < -0.39 is 12.2 Å². The third-order valence-electron chi connectivity index (χ3n) is 3.93. The van der Waals surface area contributed by atoms with Gasteiger partial charge in [0.1, 0.15) is 0 Å². The van der Waals surface area contributed by atoms with E-state index in [1.165, 1.54) is 0 Å². The first-order valence-corrected chi connectivity index (χ1v) is 8.49. The van der Waals surface area contributed by atoms with Gasteiger partial charge >= 0.3 is 12.2 Å². The molecule has 1 fully saturated rings. The number of rotatable bonds is 5. The Morgan fingerprint density at radius 2 is 2.00 bits per heavy atom. The predicted octanol–water partition coefficient (Wildman–Crippen LogP) is 1.71. The van der Waals surface area contributed by atoms with Gasteiger partial charge in [0.2, 0.25) is 0 Å². The lowest BCUT2D eigenvalue weighted by atomic mass is 10.0. The van der Waals surface area contributed by atoms with Crippen LogP contribution >= 0.6 is 0 Å². The Balaban J connectivity index is 1.77. The van der Waals surface area contributed by atoms with Crippen molar-refractivity contribution in [1.82, 2.24) is 16.0 Å². The molecule has 7 nitrogen and oxygen atoms in total. The lowest BCUT2D eigenvalue weighted by Crippen LogP contribution is -2.60. The third kappa shape index (κ3) is 6.23. The van der Waals surface area contributed by atoms with Crippen molar-refractivity contribution in [3.8, 4) is 0 Å². The summed E-state index contributed by atoms with van der Waals surface area (Å²) in [5.41, 5.74) is 0. The number of carbonyl (C=O) groups excluding carboxylic acids is 2. The highest BCUT2D eigenvalue weighted by Crippen LogP contribution is 2.12. The van der Waals surface area contributed by atoms with E-state index in [4.69, 9.17) is 9.47 Å². The van der Waals surface area contributed by atoms with Crippen LogP contribution in [-0.4, -0.2) is 50.1 Å². The molecule has 0 aromatic rings. The van der Waals surface area contributed by atoms with Gasteiger partial charge < -0.3 is 25.4 Å². The fraction of sp³-hybridized carbons (Fsp3) is 0.647. The van der Waals surface area contributed by atoms with Crippen LogP contribution in [-0.2, 0) is 9.47 Å². The van der Waals surface area contributed by atoms with Crippen LogP contribution in [0.1, 0.15) is 26.7 Å². The number of piperidine rings is 1. The summed E-state index contributed by atoms with van der Waals surface area (Å²) in [7, 11) is 0. The monoisotopic (exact) mass is 337 g/mol. The SMILES string of the molecule is CC(C)OC(=O)N[C@@H]1CNCC[C@@H]1NC(=O)OCC1C=CC=CC1. The molecule has 2 aliphatic rings. The molecule has 0 spiro atoms. The number of nitrogens with one attached hydrogen (secondary N) is 3. The molecule has 0 aromatic carbocycles. The smallest absolute Gasteiger partial charge is 0.407 e. The van der Waals surface area contributed by atoms with E-state index in [0.29, 0.717) is 19.6 Å². The molecule has 0 saturated carbocycles. The van der Waals surface area contributed by atoms with Crippen molar-refractivity contribution in [2.24, 2.45) is 5.92 Å². The molecule has 1 unspecified atom stereocenters. The molecule has 1 heterocycles. The van der Waals surface area contributed by atoms with Crippen LogP contribution in [0, 0.1) is 5.92 Å². The Morgan fingerprint density at radius 3 is 2.71 bits per heavy atom. The highest BCUT2D eigenvalue weighted by molar-refractivity contribution is 5.69. The number of alkyl carbamates (subject to hydrolysis) is 2. The number of hydrogen-bond donors (Lipinski definition) is 3. The van der Waals surface area contributed by atoms with Gasteiger partial charge in [0.25, 0.3) is 0 Å². The molecule has 134 valence electrons. The summed E-state index contributed by atoms with van der Waals surface area (Å²) < 4.78 is 10.4. The fourth-order valence-electron chi connectivity index (χ4n) is 2.71. The number of carbonyl (C=O) groups is 2. The zero-order chi connectivity index (χ0) is 17.4. The van der Waals surface area contributed by atoms with E-state index in [9.17, 15) is 9.59 Å². The molecule has 1 saturated heterocycles. The van der Waals surface area contributed by atoms with Crippen molar-refractivity contribution in [1.29, 1.82) is 0 Å². The molecule has 3 N–H and O–H groups in total. The van der Waals surface area contributed by atoms with Crippen molar-refractivity contribution in [2.45, 2.75) is 44.9 Å². The van der Waals surface area contributed by atoms with Crippen LogP contribution in [0.3, 0.4) is 0 Å². The zero-order valence-corrected chi connectivity index (χ0v) is 14.3. The minimum Gasteiger partial charge on any atom is -0.449 e. The Kier molecular flexibility index (Phi) is 7.11. The fourth-order valence-corrected chi connectivity index (χ4v) is 2.71. The maximum absolute atomic E-state index is 12.0. The van der Waals surface area contributed by atoms with E-state index >= 15 is 0 Å². The van der Waals surface area contributed by atoms with Gasteiger partial charge in [-0.15, -0.1) is 0 Å². The Morgan fingerprint density at radius 1 is 1.21 bits per heavy atom. The highest BCUT2D eigenvalue weighted by Gasteiger charge is 2.29. The minimum atomic E-state index is -0.474. The van der Waals surface area contributed by atoms with Gasteiger partial charge in [-0.2, -0.15) is 0 Å². The summed E-state index contributed by atoms with van der Waals surface area (Å²) >= 11 is 0. The summed E-state index contributed by atoms with van der Waals surface area (Å²) in [6.07, 6.45) is 8.52. The van der Waals surface area contributed by atoms with Crippen LogP contribution in [0.2, 0.25) is 0 Å². The molecule has 1 aliphatic heterocycles. The normalized spacial score (nSPS) is 26.0. The molecule has 1 aliphatic carbocycles. The van der Waals surface area contributed by atoms with Crippen molar-refractivity contribution in [2.75, 3.05) is 19.7 Å². The second-order valence-electron chi connectivity index (χ2n) is 6.36. The van der Waals surface area contributed by atoms with Gasteiger partial charge in [-0.25, -0.2) is 9.59 Å². The predicted molar refractivity (Wildman–Crippen MR) is 90.7 cm³/mol. The number of hydrogen-bond acceptors (Lipinski definition) is 5. The topological polar surface area (TPSA) is 88.7 Å². The van der Waals surface area contributed by atoms with Gasteiger partial charge in [-0.3, -0.25) is 0 Å². The highest BCUT2D eigenvalue weighted by atomic mass is 16.6. The summed E-state index contributed by atoms with van der Waals surface area (Å²) in [5, 5.41) is 8.85. The van der Waals surface area contributed by atoms with Crippen LogP contribution in [0.4, 0.5) is 9.59 Å². The molecule has 0 bridgehead atoms. The Hall–Kier alpha value is -2.02. The minimum absolute atomic E-state index is 0.180. The van der Waals surface area contributed by atoms with Crippen LogP contribution in [0.15, 0.2) is 24.3 Å². The lowest BCUT2D eigenvalue weighted by Gasteiger charge is -2.33. The maximum atomic E-state index is 12.0. The average Bonchev–Trinajstić information content (AvgIpc) is 2.55. The Labute approximate surface area is 142 Å². The summed E-state index contributed by atoms with van der Waals surface area (Å²) in [4.78, 5) is 23.8. The van der Waals surface area contributed by atoms with Crippen molar-refractivity contribution < 1.29 is 19.1 Å². The third-order valence-corrected chi connectivity index (χ3v) is 3.93. The van der Waals surface area contributed by atoms with Crippen molar-refractivity contribution in [3.63, 3.8) is 0 Å². The van der Waals surface area contributed by atoms with Gasteiger partial charge in [-0.1, -0.05) is 24.3 Å². The van der Waals surface area contributed by atoms with Crippen molar-refractivity contribution >= 4 is 12.2 Å². The van der Waals surface area contributed by atoms with Gasteiger partial charge in [0.05, 0.1) is 24.8 Å². The van der Waals surface area contributed by atoms with E-state index in [1.807, 2.05) is 18.2 Å². The number of allylic oxidation sites excluding steroid dienone is 3. The van der Waals surface area contributed by atoms with E-state index in [0.717, 1.165) is 13.0 Å². The second-order valence-corrected chi connectivity index (χ2v) is 6.36. The molecule has 24 heavy (non-hydrogen) atoms. The maximum Gasteiger partial charge on any atom is 0.407 e. The van der Waals surface area contributed by atoms with Crippen LogP contribution in [0.25, 0.3) is 0 Å². The molecular formula is C17H27N3O4. The molecule has 0 radical (unpaired) electrons. The second kappa shape index (κ2) is 9.32. The first-order chi connectivity index (χ1) is 11.5.